The Kier molecular flexibility index (Phi) is 4.68. The number of hydrogen-bond donors (Lipinski definition) is 0. The van der Waals surface area contributed by atoms with Crippen molar-refractivity contribution in [2.45, 2.75) is 54.3 Å². The standard InChI is InChI=1S/C16H25N5O/c1-7-20-14(5)15(13(4)18-20)9-19(6)16(22)10-21-12(3)8-11(2)17-21/h8H,7,9-10H2,1-6H3. The summed E-state index contributed by atoms with van der Waals surface area (Å²) in [6, 6.07) is 1.98. The Balaban J connectivity index is 2.09. The third-order valence-corrected chi connectivity index (χ3v) is 4.04. The van der Waals surface area contributed by atoms with Gasteiger partial charge in [-0.2, -0.15) is 10.2 Å². The molecule has 0 saturated carbocycles. The Labute approximate surface area is 131 Å². The van der Waals surface area contributed by atoms with Gasteiger partial charge in [0.25, 0.3) is 0 Å². The highest BCUT2D eigenvalue weighted by molar-refractivity contribution is 5.75. The molecule has 0 aromatic carbocycles. The van der Waals surface area contributed by atoms with Crippen molar-refractivity contribution in [3.8, 4) is 0 Å². The van der Waals surface area contributed by atoms with Gasteiger partial charge in [0.1, 0.15) is 6.54 Å². The van der Waals surface area contributed by atoms with E-state index in [0.717, 1.165) is 34.9 Å². The fraction of sp³-hybridized carbons (Fsp3) is 0.562. The van der Waals surface area contributed by atoms with Gasteiger partial charge in [0.15, 0.2) is 0 Å². The predicted octanol–water partition coefficient (Wildman–Crippen LogP) is 1.99. The predicted molar refractivity (Wildman–Crippen MR) is 85.6 cm³/mol. The van der Waals surface area contributed by atoms with E-state index in [1.165, 1.54) is 0 Å². The summed E-state index contributed by atoms with van der Waals surface area (Å²) in [6.07, 6.45) is 0. The van der Waals surface area contributed by atoms with Crippen LogP contribution in [0, 0.1) is 27.7 Å². The summed E-state index contributed by atoms with van der Waals surface area (Å²) in [6.45, 7) is 11.7. The lowest BCUT2D eigenvalue weighted by Crippen LogP contribution is -2.30. The zero-order chi connectivity index (χ0) is 16.4. The van der Waals surface area contributed by atoms with Crippen LogP contribution >= 0.6 is 0 Å². The molecule has 0 N–H and O–H groups in total. The molecule has 2 heterocycles. The zero-order valence-electron chi connectivity index (χ0n) is 14.3. The normalized spacial score (nSPS) is 11.0. The maximum Gasteiger partial charge on any atom is 0.244 e. The van der Waals surface area contributed by atoms with Gasteiger partial charge in [0.05, 0.1) is 11.4 Å². The van der Waals surface area contributed by atoms with Gasteiger partial charge in [-0.15, -0.1) is 0 Å². The van der Waals surface area contributed by atoms with E-state index >= 15 is 0 Å². The smallest absolute Gasteiger partial charge is 0.244 e. The van der Waals surface area contributed by atoms with Gasteiger partial charge < -0.3 is 4.90 Å². The minimum Gasteiger partial charge on any atom is -0.340 e. The van der Waals surface area contributed by atoms with Gasteiger partial charge in [-0.3, -0.25) is 14.2 Å². The Morgan fingerprint density at radius 2 is 1.86 bits per heavy atom. The molecule has 0 aliphatic heterocycles. The van der Waals surface area contributed by atoms with Crippen LogP contribution in [0.3, 0.4) is 0 Å². The van der Waals surface area contributed by atoms with Gasteiger partial charge in [-0.1, -0.05) is 0 Å². The largest absolute Gasteiger partial charge is 0.340 e. The van der Waals surface area contributed by atoms with Crippen LogP contribution in [-0.2, 0) is 24.4 Å². The van der Waals surface area contributed by atoms with Crippen molar-refractivity contribution < 1.29 is 4.79 Å². The first-order chi connectivity index (χ1) is 10.3. The fourth-order valence-corrected chi connectivity index (χ4v) is 2.68. The average Bonchev–Trinajstić information content (AvgIpc) is 2.91. The summed E-state index contributed by atoms with van der Waals surface area (Å²) in [5.41, 5.74) is 5.19. The molecule has 0 radical (unpaired) electrons. The summed E-state index contributed by atoms with van der Waals surface area (Å²) in [5.74, 6) is 0.0502. The molecular formula is C16H25N5O. The van der Waals surface area contributed by atoms with Gasteiger partial charge >= 0.3 is 0 Å². The van der Waals surface area contributed by atoms with Crippen LogP contribution in [0.5, 0.6) is 0 Å². The SMILES string of the molecule is CCn1nc(C)c(CN(C)C(=O)Cn2nc(C)cc2C)c1C. The molecular weight excluding hydrogens is 278 g/mol. The first-order valence-electron chi connectivity index (χ1n) is 7.61. The lowest BCUT2D eigenvalue weighted by Gasteiger charge is -2.18. The lowest BCUT2D eigenvalue weighted by atomic mass is 10.2. The molecule has 120 valence electrons. The van der Waals surface area contributed by atoms with E-state index in [1.807, 2.05) is 38.6 Å². The Morgan fingerprint density at radius 1 is 1.18 bits per heavy atom. The summed E-state index contributed by atoms with van der Waals surface area (Å²) < 4.78 is 3.73. The summed E-state index contributed by atoms with van der Waals surface area (Å²) in [4.78, 5) is 14.2. The zero-order valence-corrected chi connectivity index (χ0v) is 14.3. The van der Waals surface area contributed by atoms with E-state index in [1.54, 1.807) is 9.58 Å². The number of likely N-dealkylation sites (N-methyl/N-ethyl adjacent to an activating group) is 1. The molecule has 6 heteroatoms. The lowest BCUT2D eigenvalue weighted by molar-refractivity contribution is -0.131. The molecule has 0 bridgehead atoms. The number of aromatic nitrogens is 4. The van der Waals surface area contributed by atoms with Gasteiger partial charge in [-0.25, -0.2) is 0 Å². The molecule has 1 amide bonds. The van der Waals surface area contributed by atoms with E-state index in [0.29, 0.717) is 6.54 Å². The van der Waals surface area contributed by atoms with E-state index < -0.39 is 0 Å². The van der Waals surface area contributed by atoms with Gasteiger partial charge in [0.2, 0.25) is 5.91 Å². The van der Waals surface area contributed by atoms with Crippen LogP contribution in [0.2, 0.25) is 0 Å². The topological polar surface area (TPSA) is 56.0 Å². The highest BCUT2D eigenvalue weighted by Crippen LogP contribution is 2.15. The monoisotopic (exact) mass is 303 g/mol. The first-order valence-corrected chi connectivity index (χ1v) is 7.61. The van der Waals surface area contributed by atoms with E-state index in [4.69, 9.17) is 0 Å². The molecule has 2 aromatic heterocycles. The molecule has 0 saturated heterocycles. The molecule has 22 heavy (non-hydrogen) atoms. The van der Waals surface area contributed by atoms with Crippen LogP contribution in [0.1, 0.15) is 35.3 Å². The number of rotatable bonds is 5. The minimum atomic E-state index is 0.0502. The van der Waals surface area contributed by atoms with Crippen molar-refractivity contribution in [3.05, 3.63) is 34.4 Å². The second kappa shape index (κ2) is 6.34. The number of amides is 1. The molecule has 2 aromatic rings. The molecule has 0 aliphatic rings. The van der Waals surface area contributed by atoms with Crippen LogP contribution in [0.25, 0.3) is 0 Å². The number of nitrogens with zero attached hydrogens (tertiary/aromatic N) is 5. The van der Waals surface area contributed by atoms with E-state index in [9.17, 15) is 4.79 Å². The first kappa shape index (κ1) is 16.3. The number of carbonyl (C=O) groups is 1. The third-order valence-electron chi connectivity index (χ3n) is 4.04. The maximum absolute atomic E-state index is 12.4. The van der Waals surface area contributed by atoms with Crippen LogP contribution < -0.4 is 0 Å². The van der Waals surface area contributed by atoms with Crippen molar-refractivity contribution in [1.29, 1.82) is 0 Å². The van der Waals surface area contributed by atoms with Crippen molar-refractivity contribution in [2.75, 3.05) is 7.05 Å². The second-order valence-corrected chi connectivity index (χ2v) is 5.80. The van der Waals surface area contributed by atoms with Crippen LogP contribution in [-0.4, -0.2) is 37.4 Å². The Bertz CT molecular complexity index is 683. The molecule has 0 fully saturated rings. The van der Waals surface area contributed by atoms with E-state index in [-0.39, 0.29) is 12.5 Å². The quantitative estimate of drug-likeness (QED) is 0.849. The molecule has 6 nitrogen and oxygen atoms in total. The second-order valence-electron chi connectivity index (χ2n) is 5.80. The summed E-state index contributed by atoms with van der Waals surface area (Å²) >= 11 is 0. The van der Waals surface area contributed by atoms with Gasteiger partial charge in [-0.05, 0) is 40.7 Å². The van der Waals surface area contributed by atoms with Gasteiger partial charge in [0, 0.05) is 37.1 Å². The van der Waals surface area contributed by atoms with Crippen molar-refractivity contribution in [3.63, 3.8) is 0 Å². The molecule has 2 rings (SSSR count). The van der Waals surface area contributed by atoms with Crippen molar-refractivity contribution >= 4 is 5.91 Å². The minimum absolute atomic E-state index is 0.0502. The van der Waals surface area contributed by atoms with Crippen LogP contribution in [0.4, 0.5) is 0 Å². The molecule has 0 atom stereocenters. The number of hydrogen-bond acceptors (Lipinski definition) is 3. The number of carbonyl (C=O) groups excluding carboxylic acids is 1. The van der Waals surface area contributed by atoms with Crippen molar-refractivity contribution in [2.24, 2.45) is 0 Å². The maximum atomic E-state index is 12.4. The molecule has 0 aliphatic carbocycles. The summed E-state index contributed by atoms with van der Waals surface area (Å²) in [7, 11) is 1.83. The van der Waals surface area contributed by atoms with Crippen LogP contribution in [0.15, 0.2) is 6.07 Å². The number of aryl methyl sites for hydroxylation is 4. The fourth-order valence-electron chi connectivity index (χ4n) is 2.68. The Hall–Kier alpha value is -2.11. The Morgan fingerprint density at radius 3 is 2.36 bits per heavy atom. The average molecular weight is 303 g/mol. The highest BCUT2D eigenvalue weighted by atomic mass is 16.2. The molecule has 0 spiro atoms. The highest BCUT2D eigenvalue weighted by Gasteiger charge is 2.17. The summed E-state index contributed by atoms with van der Waals surface area (Å²) in [5, 5.41) is 8.85. The third kappa shape index (κ3) is 3.21. The van der Waals surface area contributed by atoms with Crippen molar-refractivity contribution in [1.82, 2.24) is 24.5 Å². The molecule has 0 unspecified atom stereocenters. The van der Waals surface area contributed by atoms with E-state index in [2.05, 4.69) is 24.0 Å².